The van der Waals surface area contributed by atoms with Crippen LogP contribution in [0.5, 0.6) is 0 Å². The average Bonchev–Trinajstić information content (AvgIpc) is 3.17. The first-order valence-corrected chi connectivity index (χ1v) is 11.3. The summed E-state index contributed by atoms with van der Waals surface area (Å²) in [4.78, 5) is 20.2. The maximum absolute atomic E-state index is 13.0. The molecule has 0 aliphatic carbocycles. The smallest absolute Gasteiger partial charge is 0.242 e. The zero-order chi connectivity index (χ0) is 21.8. The number of para-hydroxylation sites is 1. The molecule has 0 bridgehead atoms. The Bertz CT molecular complexity index is 1310. The Balaban J connectivity index is 1.64. The summed E-state index contributed by atoms with van der Waals surface area (Å²) < 4.78 is 28.4. The maximum Gasteiger partial charge on any atom is 0.242 e. The SMILES string of the molecule is O=C(Nc1cccnc1)[C@H](Cc1c[nH]c2ccccc12)NS(=O)(=O)c1ccc(Cl)cc1. The van der Waals surface area contributed by atoms with E-state index < -0.39 is 22.0 Å². The van der Waals surface area contributed by atoms with Crippen LogP contribution in [0.3, 0.4) is 0 Å². The van der Waals surface area contributed by atoms with Crippen molar-refractivity contribution >= 4 is 44.1 Å². The highest BCUT2D eigenvalue weighted by Gasteiger charge is 2.27. The summed E-state index contributed by atoms with van der Waals surface area (Å²) in [6.07, 6.45) is 5.02. The molecule has 1 amide bonds. The van der Waals surface area contributed by atoms with Gasteiger partial charge >= 0.3 is 0 Å². The van der Waals surface area contributed by atoms with Crippen molar-refractivity contribution in [2.24, 2.45) is 0 Å². The molecule has 2 aromatic carbocycles. The zero-order valence-electron chi connectivity index (χ0n) is 16.2. The number of sulfonamides is 1. The minimum atomic E-state index is -3.97. The molecule has 0 saturated heterocycles. The Morgan fingerprint density at radius 1 is 1.06 bits per heavy atom. The highest BCUT2D eigenvalue weighted by Crippen LogP contribution is 2.21. The van der Waals surface area contributed by atoms with Crippen molar-refractivity contribution in [3.05, 3.63) is 89.8 Å². The molecule has 0 aliphatic rings. The molecule has 0 saturated carbocycles. The fourth-order valence-corrected chi connectivity index (χ4v) is 4.56. The molecule has 0 unspecified atom stereocenters. The van der Waals surface area contributed by atoms with Crippen LogP contribution in [0.2, 0.25) is 5.02 Å². The first-order chi connectivity index (χ1) is 14.9. The van der Waals surface area contributed by atoms with Gasteiger partial charge in [0.1, 0.15) is 6.04 Å². The number of rotatable bonds is 7. The average molecular weight is 455 g/mol. The summed E-state index contributed by atoms with van der Waals surface area (Å²) in [7, 11) is -3.97. The van der Waals surface area contributed by atoms with Crippen molar-refractivity contribution in [3.8, 4) is 0 Å². The zero-order valence-corrected chi connectivity index (χ0v) is 17.8. The van der Waals surface area contributed by atoms with Gasteiger partial charge in [-0.25, -0.2) is 8.42 Å². The predicted molar refractivity (Wildman–Crippen MR) is 120 cm³/mol. The molecule has 0 fully saturated rings. The Kier molecular flexibility index (Phi) is 6.03. The van der Waals surface area contributed by atoms with Gasteiger partial charge < -0.3 is 10.3 Å². The lowest BCUT2D eigenvalue weighted by molar-refractivity contribution is -0.117. The van der Waals surface area contributed by atoms with Gasteiger partial charge in [0.05, 0.1) is 16.8 Å². The quantitative estimate of drug-likeness (QED) is 0.395. The number of halogens is 1. The summed E-state index contributed by atoms with van der Waals surface area (Å²) in [5.41, 5.74) is 2.20. The molecule has 7 nitrogen and oxygen atoms in total. The molecule has 9 heteroatoms. The number of amides is 1. The summed E-state index contributed by atoms with van der Waals surface area (Å²) >= 11 is 5.87. The number of anilines is 1. The third kappa shape index (κ3) is 4.93. The monoisotopic (exact) mass is 454 g/mol. The fraction of sp³-hybridized carbons (Fsp3) is 0.0909. The first kappa shape index (κ1) is 21.0. The summed E-state index contributed by atoms with van der Waals surface area (Å²) in [5.74, 6) is -0.490. The van der Waals surface area contributed by atoms with Gasteiger partial charge in [-0.3, -0.25) is 9.78 Å². The van der Waals surface area contributed by atoms with Crippen LogP contribution in [0.15, 0.2) is 84.1 Å². The number of pyridine rings is 1. The number of hydrogen-bond acceptors (Lipinski definition) is 4. The Morgan fingerprint density at radius 3 is 2.58 bits per heavy atom. The second kappa shape index (κ2) is 8.89. The van der Waals surface area contributed by atoms with Crippen molar-refractivity contribution in [2.75, 3.05) is 5.32 Å². The number of nitrogens with zero attached hydrogens (tertiary/aromatic N) is 1. The summed E-state index contributed by atoms with van der Waals surface area (Å²) in [6, 6.07) is 15.7. The van der Waals surface area contributed by atoms with Crippen molar-refractivity contribution in [1.82, 2.24) is 14.7 Å². The van der Waals surface area contributed by atoms with Crippen LogP contribution in [-0.2, 0) is 21.2 Å². The Hall–Kier alpha value is -3.20. The van der Waals surface area contributed by atoms with E-state index in [0.29, 0.717) is 10.7 Å². The summed E-state index contributed by atoms with van der Waals surface area (Å²) in [5, 5.41) is 4.07. The van der Waals surface area contributed by atoms with Gasteiger partial charge in [0, 0.05) is 28.3 Å². The molecule has 4 rings (SSSR count). The molecule has 0 spiro atoms. The van der Waals surface area contributed by atoms with Crippen LogP contribution in [-0.4, -0.2) is 30.3 Å². The largest absolute Gasteiger partial charge is 0.361 e. The highest BCUT2D eigenvalue weighted by molar-refractivity contribution is 7.89. The molecule has 2 heterocycles. The number of carbonyl (C=O) groups is 1. The van der Waals surface area contributed by atoms with Crippen LogP contribution in [0.1, 0.15) is 5.56 Å². The van der Waals surface area contributed by atoms with Gasteiger partial charge in [-0.1, -0.05) is 29.8 Å². The third-order valence-electron chi connectivity index (χ3n) is 4.77. The van der Waals surface area contributed by atoms with Gasteiger partial charge in [0.25, 0.3) is 0 Å². The first-order valence-electron chi connectivity index (χ1n) is 9.46. The summed E-state index contributed by atoms with van der Waals surface area (Å²) in [6.45, 7) is 0. The van der Waals surface area contributed by atoms with E-state index >= 15 is 0 Å². The molecule has 0 aliphatic heterocycles. The third-order valence-corrected chi connectivity index (χ3v) is 6.51. The number of aromatic nitrogens is 2. The fourth-order valence-electron chi connectivity index (χ4n) is 3.24. The number of hydrogen-bond donors (Lipinski definition) is 3. The molecule has 0 radical (unpaired) electrons. The van der Waals surface area contributed by atoms with E-state index in [-0.39, 0.29) is 11.3 Å². The van der Waals surface area contributed by atoms with Gasteiger partial charge in [0.15, 0.2) is 0 Å². The van der Waals surface area contributed by atoms with E-state index in [4.69, 9.17) is 11.6 Å². The second-order valence-corrected chi connectivity index (χ2v) is 9.07. The van der Waals surface area contributed by atoms with Crippen LogP contribution in [0.4, 0.5) is 5.69 Å². The van der Waals surface area contributed by atoms with Crippen molar-refractivity contribution < 1.29 is 13.2 Å². The number of aromatic amines is 1. The van der Waals surface area contributed by atoms with E-state index in [1.165, 1.54) is 30.5 Å². The topological polar surface area (TPSA) is 104 Å². The minimum absolute atomic E-state index is 0.0232. The maximum atomic E-state index is 13.0. The molecule has 4 aromatic rings. The number of benzene rings is 2. The lowest BCUT2D eigenvalue weighted by Gasteiger charge is -2.18. The van der Waals surface area contributed by atoms with Crippen molar-refractivity contribution in [3.63, 3.8) is 0 Å². The Morgan fingerprint density at radius 2 is 1.84 bits per heavy atom. The van der Waals surface area contributed by atoms with Crippen molar-refractivity contribution in [2.45, 2.75) is 17.4 Å². The van der Waals surface area contributed by atoms with Crippen LogP contribution >= 0.6 is 11.6 Å². The van der Waals surface area contributed by atoms with Gasteiger partial charge in [-0.05, 0) is 54.4 Å². The molecule has 2 aromatic heterocycles. The minimum Gasteiger partial charge on any atom is -0.361 e. The number of carbonyl (C=O) groups excluding carboxylic acids is 1. The molecule has 1 atom stereocenters. The van der Waals surface area contributed by atoms with Crippen molar-refractivity contribution in [1.29, 1.82) is 0 Å². The van der Waals surface area contributed by atoms with E-state index in [1.54, 1.807) is 24.5 Å². The standard InChI is InChI=1S/C22H19ClN4O3S/c23-16-7-9-18(10-8-16)31(29,30)27-21(22(28)26-17-4-3-11-24-14-17)12-15-13-25-20-6-2-1-5-19(15)20/h1-11,13-14,21,25,27H,12H2,(H,26,28)/t21-/m0/s1. The molecule has 31 heavy (non-hydrogen) atoms. The molecular formula is C22H19ClN4O3S. The molecular weight excluding hydrogens is 436 g/mol. The van der Waals surface area contributed by atoms with E-state index in [2.05, 4.69) is 20.0 Å². The lowest BCUT2D eigenvalue weighted by Crippen LogP contribution is -2.45. The molecule has 3 N–H and O–H groups in total. The molecule has 158 valence electrons. The van der Waals surface area contributed by atoms with Crippen LogP contribution < -0.4 is 10.0 Å². The Labute approximate surface area is 184 Å². The second-order valence-electron chi connectivity index (χ2n) is 6.92. The number of nitrogens with one attached hydrogen (secondary N) is 3. The van der Waals surface area contributed by atoms with E-state index in [9.17, 15) is 13.2 Å². The lowest BCUT2D eigenvalue weighted by atomic mass is 10.1. The van der Waals surface area contributed by atoms with E-state index in [1.807, 2.05) is 24.3 Å². The van der Waals surface area contributed by atoms with Gasteiger partial charge in [-0.2, -0.15) is 4.72 Å². The number of fused-ring (bicyclic) bond motifs is 1. The van der Waals surface area contributed by atoms with E-state index in [0.717, 1.165) is 16.5 Å². The van der Waals surface area contributed by atoms with Gasteiger partial charge in [0.2, 0.25) is 15.9 Å². The normalized spacial score (nSPS) is 12.5. The van der Waals surface area contributed by atoms with Gasteiger partial charge in [-0.15, -0.1) is 0 Å². The highest BCUT2D eigenvalue weighted by atomic mass is 35.5. The predicted octanol–water partition coefficient (Wildman–Crippen LogP) is 3.74. The van der Waals surface area contributed by atoms with Crippen LogP contribution in [0.25, 0.3) is 10.9 Å². The van der Waals surface area contributed by atoms with Crippen LogP contribution in [0, 0.1) is 0 Å². The number of H-pyrrole nitrogens is 1.